The Morgan fingerprint density at radius 2 is 1.83 bits per heavy atom. The Hall–Kier alpha value is -2.45. The summed E-state index contributed by atoms with van der Waals surface area (Å²) in [6.07, 6.45) is 9.07. The van der Waals surface area contributed by atoms with Crippen LogP contribution < -0.4 is 10.2 Å². The largest absolute Gasteiger partial charge is 0.508 e. The molecule has 0 fully saturated rings. The Labute approximate surface area is 209 Å². The van der Waals surface area contributed by atoms with E-state index in [1.165, 1.54) is 17.3 Å². The van der Waals surface area contributed by atoms with Crippen molar-refractivity contribution in [2.24, 2.45) is 4.99 Å². The highest BCUT2D eigenvalue weighted by atomic mass is 16.5. The molecule has 2 aromatic rings. The van der Waals surface area contributed by atoms with Crippen molar-refractivity contribution in [1.82, 2.24) is 5.32 Å². The van der Waals surface area contributed by atoms with Crippen LogP contribution in [0.25, 0.3) is 0 Å². The number of hydrogen-bond donors (Lipinski definition) is 4. The van der Waals surface area contributed by atoms with E-state index in [2.05, 4.69) is 39.5 Å². The molecule has 1 heterocycles. The second-order valence-corrected chi connectivity index (χ2v) is 9.15. The van der Waals surface area contributed by atoms with E-state index in [4.69, 9.17) is 4.74 Å². The standard InChI is InChI=1S/C28H41N3O4/c32-21-25-19-24(11-12-27(25)33)28(34)20-29-13-4-1-2-5-16-35-17-6-3-8-23-9-7-10-26(18-23)31-15-14-30-22-31/h7,9-12,14,18-19,28-29,32-34H,1-6,8,13,15-17,20-22H2/t28-/m0/s1. The predicted octanol–water partition coefficient (Wildman–Crippen LogP) is 3.96. The first-order valence-electron chi connectivity index (χ1n) is 12.9. The number of aliphatic hydroxyl groups is 2. The first-order valence-corrected chi connectivity index (χ1v) is 12.9. The molecule has 0 unspecified atom stereocenters. The topological polar surface area (TPSA) is 97.5 Å². The highest BCUT2D eigenvalue weighted by Crippen LogP contribution is 2.22. The molecular weight excluding hydrogens is 442 g/mol. The smallest absolute Gasteiger partial charge is 0.121 e. The van der Waals surface area contributed by atoms with E-state index >= 15 is 0 Å². The fourth-order valence-electron chi connectivity index (χ4n) is 4.21. The Morgan fingerprint density at radius 1 is 1.00 bits per heavy atom. The molecule has 0 aliphatic carbocycles. The number of aliphatic hydroxyl groups excluding tert-OH is 2. The lowest BCUT2D eigenvalue weighted by Crippen LogP contribution is -2.22. The lowest BCUT2D eigenvalue weighted by molar-refractivity contribution is 0.126. The van der Waals surface area contributed by atoms with Crippen molar-refractivity contribution < 1.29 is 20.1 Å². The van der Waals surface area contributed by atoms with Crippen LogP contribution in [0.2, 0.25) is 0 Å². The highest BCUT2D eigenvalue weighted by Gasteiger charge is 2.10. The van der Waals surface area contributed by atoms with Crippen molar-refractivity contribution in [2.75, 3.05) is 44.4 Å². The number of nitrogens with zero attached hydrogens (tertiary/aromatic N) is 2. The van der Waals surface area contributed by atoms with Gasteiger partial charge in [0.15, 0.2) is 0 Å². The fraction of sp³-hybridized carbons (Fsp3) is 0.536. The zero-order valence-corrected chi connectivity index (χ0v) is 20.7. The maximum Gasteiger partial charge on any atom is 0.121 e. The molecule has 0 saturated carbocycles. The van der Waals surface area contributed by atoms with Gasteiger partial charge in [0.2, 0.25) is 0 Å². The van der Waals surface area contributed by atoms with Gasteiger partial charge in [0.25, 0.3) is 0 Å². The highest BCUT2D eigenvalue weighted by molar-refractivity contribution is 5.69. The summed E-state index contributed by atoms with van der Waals surface area (Å²) >= 11 is 0. The zero-order chi connectivity index (χ0) is 24.7. The number of aryl methyl sites for hydroxylation is 1. The van der Waals surface area contributed by atoms with Crippen LogP contribution in [0.3, 0.4) is 0 Å². The number of unbranched alkanes of at least 4 members (excludes halogenated alkanes) is 4. The molecule has 0 radical (unpaired) electrons. The number of phenols is 1. The summed E-state index contributed by atoms with van der Waals surface area (Å²) in [5.41, 5.74) is 3.77. The van der Waals surface area contributed by atoms with Crippen LogP contribution in [0.4, 0.5) is 5.69 Å². The van der Waals surface area contributed by atoms with Gasteiger partial charge in [-0.1, -0.05) is 31.0 Å². The van der Waals surface area contributed by atoms with Crippen molar-refractivity contribution in [3.8, 4) is 5.75 Å². The average Bonchev–Trinajstić information content (AvgIpc) is 3.42. The monoisotopic (exact) mass is 483 g/mol. The molecule has 1 aliphatic heterocycles. The Kier molecular flexibility index (Phi) is 12.0. The van der Waals surface area contributed by atoms with E-state index in [1.807, 2.05) is 6.21 Å². The van der Waals surface area contributed by atoms with Crippen molar-refractivity contribution >= 4 is 11.9 Å². The SMILES string of the molecule is OCc1cc([C@@H](O)CNCCCCCCOCCCCc2cccc(N3CC=NC3)c2)ccc1O. The number of rotatable bonds is 17. The summed E-state index contributed by atoms with van der Waals surface area (Å²) in [5, 5.41) is 32.4. The van der Waals surface area contributed by atoms with E-state index in [1.54, 1.807) is 12.1 Å². The number of nitrogens with one attached hydrogen (secondary N) is 1. The lowest BCUT2D eigenvalue weighted by Gasteiger charge is -2.17. The van der Waals surface area contributed by atoms with Crippen molar-refractivity contribution in [2.45, 2.75) is 57.7 Å². The molecule has 7 heteroatoms. The van der Waals surface area contributed by atoms with Gasteiger partial charge in [0, 0.05) is 37.2 Å². The summed E-state index contributed by atoms with van der Waals surface area (Å²) < 4.78 is 5.80. The molecular formula is C28H41N3O4. The predicted molar refractivity (Wildman–Crippen MR) is 141 cm³/mol. The fourth-order valence-corrected chi connectivity index (χ4v) is 4.21. The van der Waals surface area contributed by atoms with Gasteiger partial charge in [-0.15, -0.1) is 0 Å². The summed E-state index contributed by atoms with van der Waals surface area (Å²) in [6, 6.07) is 13.6. The third-order valence-electron chi connectivity index (χ3n) is 6.35. The van der Waals surface area contributed by atoms with Gasteiger partial charge in [-0.2, -0.15) is 0 Å². The van der Waals surface area contributed by atoms with Crippen molar-refractivity contribution in [3.05, 3.63) is 59.2 Å². The summed E-state index contributed by atoms with van der Waals surface area (Å²) in [4.78, 5) is 6.57. The molecule has 0 aromatic heterocycles. The normalized spacial score (nSPS) is 14.1. The molecule has 35 heavy (non-hydrogen) atoms. The quantitative estimate of drug-likeness (QED) is 0.254. The maximum atomic E-state index is 10.3. The van der Waals surface area contributed by atoms with Crippen LogP contribution in [0.5, 0.6) is 5.75 Å². The minimum Gasteiger partial charge on any atom is -0.508 e. The van der Waals surface area contributed by atoms with E-state index in [0.717, 1.165) is 77.9 Å². The summed E-state index contributed by atoms with van der Waals surface area (Å²) in [6.45, 7) is 4.40. The lowest BCUT2D eigenvalue weighted by atomic mass is 10.1. The Balaban J connectivity index is 1.13. The van der Waals surface area contributed by atoms with E-state index in [-0.39, 0.29) is 12.4 Å². The molecule has 192 valence electrons. The molecule has 0 spiro atoms. The van der Waals surface area contributed by atoms with Crippen LogP contribution in [-0.2, 0) is 17.8 Å². The van der Waals surface area contributed by atoms with E-state index in [0.29, 0.717) is 17.7 Å². The van der Waals surface area contributed by atoms with Crippen LogP contribution >= 0.6 is 0 Å². The number of aromatic hydroxyl groups is 1. The van der Waals surface area contributed by atoms with Gasteiger partial charge in [-0.3, -0.25) is 4.99 Å². The molecule has 2 aromatic carbocycles. The number of anilines is 1. The minimum atomic E-state index is -0.655. The molecule has 0 amide bonds. The third-order valence-corrected chi connectivity index (χ3v) is 6.35. The second-order valence-electron chi connectivity index (χ2n) is 9.15. The number of hydrogen-bond acceptors (Lipinski definition) is 7. The Morgan fingerprint density at radius 3 is 2.63 bits per heavy atom. The van der Waals surface area contributed by atoms with E-state index in [9.17, 15) is 15.3 Å². The summed E-state index contributed by atoms with van der Waals surface area (Å²) in [5.74, 6) is 0.0511. The van der Waals surface area contributed by atoms with E-state index < -0.39 is 6.10 Å². The van der Waals surface area contributed by atoms with Crippen LogP contribution in [0.15, 0.2) is 47.5 Å². The molecule has 3 rings (SSSR count). The van der Waals surface area contributed by atoms with Gasteiger partial charge in [0.1, 0.15) is 12.4 Å². The first-order chi connectivity index (χ1) is 17.2. The zero-order valence-electron chi connectivity index (χ0n) is 20.7. The Bertz CT molecular complexity index is 898. The van der Waals surface area contributed by atoms with Gasteiger partial charge >= 0.3 is 0 Å². The number of aliphatic imine (C=N–C) groups is 1. The number of benzene rings is 2. The van der Waals surface area contributed by atoms with Gasteiger partial charge in [0.05, 0.1) is 19.3 Å². The molecule has 1 atom stereocenters. The third kappa shape index (κ3) is 9.61. The maximum absolute atomic E-state index is 10.3. The average molecular weight is 484 g/mol. The van der Waals surface area contributed by atoms with Crippen LogP contribution in [0.1, 0.15) is 61.3 Å². The van der Waals surface area contributed by atoms with Crippen LogP contribution in [0, 0.1) is 0 Å². The van der Waals surface area contributed by atoms with Crippen molar-refractivity contribution in [1.29, 1.82) is 0 Å². The first kappa shape index (κ1) is 27.1. The number of ether oxygens (including phenoxy) is 1. The molecule has 0 bridgehead atoms. The molecule has 4 N–H and O–H groups in total. The van der Waals surface area contributed by atoms with Crippen LogP contribution in [-0.4, -0.2) is 61.1 Å². The van der Waals surface area contributed by atoms with Gasteiger partial charge in [-0.25, -0.2) is 0 Å². The van der Waals surface area contributed by atoms with Gasteiger partial charge < -0.3 is 30.3 Å². The molecule has 0 saturated heterocycles. The molecule has 1 aliphatic rings. The second kappa shape index (κ2) is 15.5. The minimum absolute atomic E-state index is 0.0511. The molecule has 7 nitrogen and oxygen atoms in total. The van der Waals surface area contributed by atoms with Gasteiger partial charge in [-0.05, 0) is 74.0 Å². The van der Waals surface area contributed by atoms with Crippen molar-refractivity contribution in [3.63, 3.8) is 0 Å². The summed E-state index contributed by atoms with van der Waals surface area (Å²) in [7, 11) is 0.